The highest BCUT2D eigenvalue weighted by molar-refractivity contribution is 5.62. The summed E-state index contributed by atoms with van der Waals surface area (Å²) in [4.78, 5) is 6.69. The molecule has 2 aromatic rings. The fourth-order valence-electron chi connectivity index (χ4n) is 1.97. The highest BCUT2D eigenvalue weighted by atomic mass is 15.1. The van der Waals surface area contributed by atoms with Crippen molar-refractivity contribution in [3.8, 4) is 11.3 Å². The second-order valence-corrected chi connectivity index (χ2v) is 3.93. The molecule has 0 fully saturated rings. The molecular weight excluding hydrogens is 208 g/mol. The van der Waals surface area contributed by atoms with E-state index < -0.39 is 0 Å². The molecule has 0 aliphatic carbocycles. The molecule has 1 aromatic carbocycles. The normalized spacial score (nSPS) is 10.2. The number of nitrogens with zero attached hydrogens (tertiary/aromatic N) is 2. The Hall–Kier alpha value is -1.83. The van der Waals surface area contributed by atoms with E-state index in [0.717, 1.165) is 18.8 Å². The third-order valence-electron chi connectivity index (χ3n) is 2.96. The summed E-state index contributed by atoms with van der Waals surface area (Å²) in [6, 6.07) is 14.6. The van der Waals surface area contributed by atoms with Crippen LogP contribution in [0.4, 0.5) is 5.69 Å². The third kappa shape index (κ3) is 2.64. The highest BCUT2D eigenvalue weighted by Crippen LogP contribution is 2.21. The Labute approximate surface area is 103 Å². The maximum atomic E-state index is 4.35. The van der Waals surface area contributed by atoms with Gasteiger partial charge in [0, 0.05) is 30.5 Å². The van der Waals surface area contributed by atoms with Crippen LogP contribution in [0.1, 0.15) is 13.8 Å². The number of hydrogen-bond donors (Lipinski definition) is 0. The lowest BCUT2D eigenvalue weighted by Gasteiger charge is -2.21. The van der Waals surface area contributed by atoms with Crippen molar-refractivity contribution in [3.05, 3.63) is 48.7 Å². The molecule has 1 heterocycles. The predicted octanol–water partition coefficient (Wildman–Crippen LogP) is 3.59. The molecule has 0 radical (unpaired) electrons. The zero-order chi connectivity index (χ0) is 12.1. The van der Waals surface area contributed by atoms with Gasteiger partial charge in [-0.3, -0.25) is 4.98 Å². The molecule has 0 saturated heterocycles. The average molecular weight is 226 g/mol. The van der Waals surface area contributed by atoms with Gasteiger partial charge in [-0.15, -0.1) is 0 Å². The van der Waals surface area contributed by atoms with Crippen molar-refractivity contribution in [2.45, 2.75) is 13.8 Å². The van der Waals surface area contributed by atoms with Crippen LogP contribution in [0.3, 0.4) is 0 Å². The number of hydrogen-bond acceptors (Lipinski definition) is 2. The topological polar surface area (TPSA) is 16.1 Å². The van der Waals surface area contributed by atoms with Crippen molar-refractivity contribution < 1.29 is 0 Å². The molecule has 88 valence electrons. The molecule has 0 atom stereocenters. The summed E-state index contributed by atoms with van der Waals surface area (Å²) in [5, 5.41) is 0. The molecule has 2 rings (SSSR count). The minimum absolute atomic E-state index is 1.03. The van der Waals surface area contributed by atoms with Gasteiger partial charge < -0.3 is 4.90 Å². The molecule has 2 nitrogen and oxygen atoms in total. The van der Waals surface area contributed by atoms with Crippen molar-refractivity contribution >= 4 is 5.69 Å². The van der Waals surface area contributed by atoms with Crippen LogP contribution in [-0.4, -0.2) is 18.1 Å². The molecule has 0 unspecified atom stereocenters. The van der Waals surface area contributed by atoms with Crippen LogP contribution in [0.5, 0.6) is 0 Å². The average Bonchev–Trinajstić information content (AvgIpc) is 2.42. The summed E-state index contributed by atoms with van der Waals surface area (Å²) in [5.41, 5.74) is 3.47. The Bertz CT molecular complexity index is 444. The fraction of sp³-hybridized carbons (Fsp3) is 0.267. The van der Waals surface area contributed by atoms with Crippen molar-refractivity contribution in [2.24, 2.45) is 0 Å². The van der Waals surface area contributed by atoms with Crippen LogP contribution in [0.15, 0.2) is 48.7 Å². The first kappa shape index (κ1) is 11.6. The molecule has 0 bridgehead atoms. The maximum absolute atomic E-state index is 4.35. The molecule has 17 heavy (non-hydrogen) atoms. The standard InChI is InChI=1S/C15H18N2/c1-3-17(4-2)14-10-8-13(9-11-14)15-7-5-6-12-16-15/h5-12H,3-4H2,1-2H3. The van der Waals surface area contributed by atoms with E-state index in [1.165, 1.54) is 11.3 Å². The maximum Gasteiger partial charge on any atom is 0.0701 e. The van der Waals surface area contributed by atoms with Gasteiger partial charge in [-0.05, 0) is 38.1 Å². The summed E-state index contributed by atoms with van der Waals surface area (Å²) in [5.74, 6) is 0. The van der Waals surface area contributed by atoms with Gasteiger partial charge in [-0.2, -0.15) is 0 Å². The predicted molar refractivity (Wildman–Crippen MR) is 73.2 cm³/mol. The first-order valence-electron chi connectivity index (χ1n) is 6.11. The third-order valence-corrected chi connectivity index (χ3v) is 2.96. The van der Waals surface area contributed by atoms with Gasteiger partial charge in [-0.25, -0.2) is 0 Å². The van der Waals surface area contributed by atoms with Crippen LogP contribution >= 0.6 is 0 Å². The van der Waals surface area contributed by atoms with E-state index in [2.05, 4.69) is 48.0 Å². The van der Waals surface area contributed by atoms with Crippen LogP contribution in [0, 0.1) is 0 Å². The van der Waals surface area contributed by atoms with Crippen molar-refractivity contribution in [1.82, 2.24) is 4.98 Å². The molecule has 0 aliphatic heterocycles. The quantitative estimate of drug-likeness (QED) is 0.792. The van der Waals surface area contributed by atoms with E-state index in [4.69, 9.17) is 0 Å². The minimum atomic E-state index is 1.03. The monoisotopic (exact) mass is 226 g/mol. The first-order valence-corrected chi connectivity index (χ1v) is 6.11. The minimum Gasteiger partial charge on any atom is -0.372 e. The number of pyridine rings is 1. The first-order chi connectivity index (χ1) is 8.35. The van der Waals surface area contributed by atoms with Crippen LogP contribution in [0.2, 0.25) is 0 Å². The van der Waals surface area contributed by atoms with Crippen LogP contribution in [-0.2, 0) is 0 Å². The van der Waals surface area contributed by atoms with Crippen molar-refractivity contribution in [1.29, 1.82) is 0 Å². The summed E-state index contributed by atoms with van der Waals surface area (Å²) < 4.78 is 0. The number of benzene rings is 1. The van der Waals surface area contributed by atoms with Crippen molar-refractivity contribution in [3.63, 3.8) is 0 Å². The number of aromatic nitrogens is 1. The lowest BCUT2D eigenvalue weighted by atomic mass is 10.1. The van der Waals surface area contributed by atoms with Gasteiger partial charge >= 0.3 is 0 Å². The SMILES string of the molecule is CCN(CC)c1ccc(-c2ccccn2)cc1. The Kier molecular flexibility index (Phi) is 3.76. The molecular formula is C15H18N2. The van der Waals surface area contributed by atoms with Gasteiger partial charge in [0.05, 0.1) is 5.69 Å². The number of anilines is 1. The highest BCUT2D eigenvalue weighted by Gasteiger charge is 2.02. The van der Waals surface area contributed by atoms with E-state index in [1.54, 1.807) is 0 Å². The van der Waals surface area contributed by atoms with Crippen molar-refractivity contribution in [2.75, 3.05) is 18.0 Å². The molecule has 1 aromatic heterocycles. The molecule has 0 amide bonds. The Morgan fingerprint density at radius 2 is 1.65 bits per heavy atom. The smallest absolute Gasteiger partial charge is 0.0701 e. The van der Waals surface area contributed by atoms with E-state index in [0.29, 0.717) is 0 Å². The van der Waals surface area contributed by atoms with E-state index in [1.807, 2.05) is 24.4 Å². The van der Waals surface area contributed by atoms with Gasteiger partial charge in [-0.1, -0.05) is 18.2 Å². The second-order valence-electron chi connectivity index (χ2n) is 3.93. The molecule has 0 spiro atoms. The van der Waals surface area contributed by atoms with Gasteiger partial charge in [0.25, 0.3) is 0 Å². The number of rotatable bonds is 4. The van der Waals surface area contributed by atoms with Gasteiger partial charge in [0.1, 0.15) is 0 Å². The van der Waals surface area contributed by atoms with E-state index >= 15 is 0 Å². The molecule has 0 aliphatic rings. The zero-order valence-corrected chi connectivity index (χ0v) is 10.4. The molecule has 2 heteroatoms. The summed E-state index contributed by atoms with van der Waals surface area (Å²) in [6.45, 7) is 6.44. The second kappa shape index (κ2) is 5.48. The van der Waals surface area contributed by atoms with Crippen LogP contribution in [0.25, 0.3) is 11.3 Å². The Balaban J connectivity index is 2.24. The Morgan fingerprint density at radius 1 is 0.941 bits per heavy atom. The van der Waals surface area contributed by atoms with Gasteiger partial charge in [0.2, 0.25) is 0 Å². The zero-order valence-electron chi connectivity index (χ0n) is 10.4. The summed E-state index contributed by atoms with van der Waals surface area (Å²) in [7, 11) is 0. The van der Waals surface area contributed by atoms with E-state index in [9.17, 15) is 0 Å². The summed E-state index contributed by atoms with van der Waals surface area (Å²) >= 11 is 0. The lowest BCUT2D eigenvalue weighted by Crippen LogP contribution is -2.21. The summed E-state index contributed by atoms with van der Waals surface area (Å²) in [6.07, 6.45) is 1.83. The molecule has 0 saturated carbocycles. The van der Waals surface area contributed by atoms with Gasteiger partial charge in [0.15, 0.2) is 0 Å². The fourth-order valence-corrected chi connectivity index (χ4v) is 1.97. The molecule has 0 N–H and O–H groups in total. The lowest BCUT2D eigenvalue weighted by molar-refractivity contribution is 0.866. The largest absolute Gasteiger partial charge is 0.372 e. The van der Waals surface area contributed by atoms with E-state index in [-0.39, 0.29) is 0 Å². The van der Waals surface area contributed by atoms with Crippen LogP contribution < -0.4 is 4.90 Å². The Morgan fingerprint density at radius 3 is 2.18 bits per heavy atom.